The van der Waals surface area contributed by atoms with E-state index in [9.17, 15) is 8.42 Å². The van der Waals surface area contributed by atoms with Gasteiger partial charge in [0.1, 0.15) is 0 Å². The van der Waals surface area contributed by atoms with Gasteiger partial charge in [-0.05, 0) is 43.1 Å². The van der Waals surface area contributed by atoms with Gasteiger partial charge in [0, 0.05) is 5.02 Å². The molecule has 3 nitrogen and oxygen atoms in total. The molecule has 0 aliphatic carbocycles. The van der Waals surface area contributed by atoms with E-state index >= 15 is 0 Å². The van der Waals surface area contributed by atoms with Gasteiger partial charge in [-0.2, -0.15) is 0 Å². The molecule has 0 fully saturated rings. The number of hydrogen-bond donors (Lipinski definition) is 1. The molecule has 5 heteroatoms. The zero-order valence-electron chi connectivity index (χ0n) is 10.6. The molecule has 0 saturated carbocycles. The van der Waals surface area contributed by atoms with E-state index < -0.39 is 9.84 Å². The Labute approximate surface area is 113 Å². The van der Waals surface area contributed by atoms with Gasteiger partial charge in [-0.3, -0.25) is 0 Å². The third-order valence-electron chi connectivity index (χ3n) is 3.40. The summed E-state index contributed by atoms with van der Waals surface area (Å²) >= 11 is 5.98. The number of halogens is 1. The number of benzene rings is 1. The molecule has 2 unspecified atom stereocenters. The molecule has 0 radical (unpaired) electrons. The Hall–Kier alpha value is -0.580. The average Bonchev–Trinajstić information content (AvgIpc) is 2.53. The molecule has 2 rings (SSSR count). The van der Waals surface area contributed by atoms with Gasteiger partial charge in [0.15, 0.2) is 9.84 Å². The minimum absolute atomic E-state index is 0.131. The standard InChI is InChI=1S/C13H18ClNO2S/c1-3-7-15-13-10-8-9(14)5-6-12(10)18(16,17)11(13)4-2/h5-6,8,11,13,15H,3-4,7H2,1-2H3. The summed E-state index contributed by atoms with van der Waals surface area (Å²) in [6.07, 6.45) is 1.58. The second kappa shape index (κ2) is 5.19. The Morgan fingerprint density at radius 2 is 2.06 bits per heavy atom. The highest BCUT2D eigenvalue weighted by Crippen LogP contribution is 2.41. The molecule has 18 heavy (non-hydrogen) atoms. The maximum atomic E-state index is 12.4. The third-order valence-corrected chi connectivity index (χ3v) is 6.02. The molecule has 1 N–H and O–H groups in total. The van der Waals surface area contributed by atoms with Gasteiger partial charge in [-0.25, -0.2) is 8.42 Å². The molecule has 2 atom stereocenters. The summed E-state index contributed by atoms with van der Waals surface area (Å²) in [6, 6.07) is 4.92. The number of sulfone groups is 1. The smallest absolute Gasteiger partial charge is 0.183 e. The van der Waals surface area contributed by atoms with Crippen molar-refractivity contribution in [2.24, 2.45) is 0 Å². The maximum absolute atomic E-state index is 12.4. The van der Waals surface area contributed by atoms with Gasteiger partial charge in [0.05, 0.1) is 16.2 Å². The van der Waals surface area contributed by atoms with Gasteiger partial charge in [0.25, 0.3) is 0 Å². The molecular formula is C13H18ClNO2S. The van der Waals surface area contributed by atoms with Crippen molar-refractivity contribution >= 4 is 21.4 Å². The zero-order chi connectivity index (χ0) is 13.3. The topological polar surface area (TPSA) is 46.2 Å². The minimum atomic E-state index is -3.21. The molecule has 0 amide bonds. The van der Waals surface area contributed by atoms with Gasteiger partial charge in [-0.15, -0.1) is 0 Å². The molecule has 100 valence electrons. The van der Waals surface area contributed by atoms with E-state index in [0.717, 1.165) is 18.5 Å². The van der Waals surface area contributed by atoms with Gasteiger partial charge in [-0.1, -0.05) is 25.4 Å². The van der Waals surface area contributed by atoms with Crippen molar-refractivity contribution in [3.05, 3.63) is 28.8 Å². The summed E-state index contributed by atoms with van der Waals surface area (Å²) in [5.74, 6) is 0. The Morgan fingerprint density at radius 1 is 1.33 bits per heavy atom. The summed E-state index contributed by atoms with van der Waals surface area (Å²) < 4.78 is 24.8. The molecule has 0 spiro atoms. The zero-order valence-corrected chi connectivity index (χ0v) is 12.2. The molecule has 1 aromatic carbocycles. The first-order valence-corrected chi connectivity index (χ1v) is 8.21. The SMILES string of the molecule is CCCNC1c2cc(Cl)ccc2S(=O)(=O)C1CC. The van der Waals surface area contributed by atoms with Crippen LogP contribution in [0.4, 0.5) is 0 Å². The molecule has 1 aliphatic rings. The Balaban J connectivity index is 2.50. The van der Waals surface area contributed by atoms with E-state index in [-0.39, 0.29) is 11.3 Å². The number of nitrogens with one attached hydrogen (secondary N) is 1. The van der Waals surface area contributed by atoms with Crippen LogP contribution in [0.1, 0.15) is 38.3 Å². The summed E-state index contributed by atoms with van der Waals surface area (Å²) in [6.45, 7) is 4.79. The summed E-state index contributed by atoms with van der Waals surface area (Å²) in [5, 5.41) is 3.54. The van der Waals surface area contributed by atoms with Crippen molar-refractivity contribution in [2.45, 2.75) is 42.9 Å². The first-order chi connectivity index (χ1) is 8.52. The van der Waals surface area contributed by atoms with Crippen LogP contribution in [0.25, 0.3) is 0 Å². The predicted molar refractivity (Wildman–Crippen MR) is 73.8 cm³/mol. The largest absolute Gasteiger partial charge is 0.309 e. The second-order valence-corrected chi connectivity index (χ2v) is 7.18. The van der Waals surface area contributed by atoms with E-state index in [0.29, 0.717) is 16.3 Å². The van der Waals surface area contributed by atoms with E-state index in [4.69, 9.17) is 11.6 Å². The fourth-order valence-corrected chi connectivity index (χ4v) is 4.88. The van der Waals surface area contributed by atoms with Crippen LogP contribution in [-0.4, -0.2) is 20.2 Å². The molecule has 0 bridgehead atoms. The lowest BCUT2D eigenvalue weighted by molar-refractivity contribution is 0.493. The van der Waals surface area contributed by atoms with Crippen LogP contribution < -0.4 is 5.32 Å². The van der Waals surface area contributed by atoms with Gasteiger partial charge < -0.3 is 5.32 Å². The van der Waals surface area contributed by atoms with Crippen LogP contribution in [0.15, 0.2) is 23.1 Å². The van der Waals surface area contributed by atoms with Crippen molar-refractivity contribution in [1.82, 2.24) is 5.32 Å². The fraction of sp³-hybridized carbons (Fsp3) is 0.538. The third kappa shape index (κ3) is 2.17. The average molecular weight is 288 g/mol. The normalized spacial score (nSPS) is 25.1. The van der Waals surface area contributed by atoms with Crippen LogP contribution in [0.5, 0.6) is 0 Å². The van der Waals surface area contributed by atoms with E-state index in [1.54, 1.807) is 18.2 Å². The second-order valence-electron chi connectivity index (χ2n) is 4.61. The molecule has 0 aromatic heterocycles. The fourth-order valence-electron chi connectivity index (χ4n) is 2.56. The number of fused-ring (bicyclic) bond motifs is 1. The number of hydrogen-bond acceptors (Lipinski definition) is 3. The van der Waals surface area contributed by atoms with Crippen molar-refractivity contribution in [3.8, 4) is 0 Å². The van der Waals surface area contributed by atoms with Crippen molar-refractivity contribution in [3.63, 3.8) is 0 Å². The Kier molecular flexibility index (Phi) is 3.99. The molecule has 1 aliphatic heterocycles. The van der Waals surface area contributed by atoms with Crippen LogP contribution in [0.3, 0.4) is 0 Å². The first kappa shape index (κ1) is 13.8. The van der Waals surface area contributed by atoms with Gasteiger partial charge in [0.2, 0.25) is 0 Å². The summed E-state index contributed by atoms with van der Waals surface area (Å²) in [5.41, 5.74) is 0.822. The summed E-state index contributed by atoms with van der Waals surface area (Å²) in [7, 11) is -3.21. The van der Waals surface area contributed by atoms with Gasteiger partial charge >= 0.3 is 0 Å². The van der Waals surface area contributed by atoms with E-state index in [1.807, 2.05) is 6.92 Å². The molecular weight excluding hydrogens is 270 g/mol. The van der Waals surface area contributed by atoms with Crippen LogP contribution in [-0.2, 0) is 9.84 Å². The first-order valence-electron chi connectivity index (χ1n) is 6.29. The van der Waals surface area contributed by atoms with Crippen molar-refractivity contribution in [2.75, 3.05) is 6.54 Å². The highest BCUT2D eigenvalue weighted by Gasteiger charge is 2.43. The van der Waals surface area contributed by atoms with Crippen molar-refractivity contribution in [1.29, 1.82) is 0 Å². The molecule has 1 heterocycles. The monoisotopic (exact) mass is 287 g/mol. The number of rotatable bonds is 4. The predicted octanol–water partition coefficient (Wildman–Crippen LogP) is 2.95. The highest BCUT2D eigenvalue weighted by molar-refractivity contribution is 7.92. The highest BCUT2D eigenvalue weighted by atomic mass is 35.5. The van der Waals surface area contributed by atoms with Crippen molar-refractivity contribution < 1.29 is 8.42 Å². The molecule has 0 saturated heterocycles. The van der Waals surface area contributed by atoms with Crippen LogP contribution >= 0.6 is 11.6 Å². The quantitative estimate of drug-likeness (QED) is 0.926. The Morgan fingerprint density at radius 3 is 2.67 bits per heavy atom. The lowest BCUT2D eigenvalue weighted by Crippen LogP contribution is -2.31. The van der Waals surface area contributed by atoms with E-state index in [2.05, 4.69) is 12.2 Å². The lowest BCUT2D eigenvalue weighted by atomic mass is 10.0. The van der Waals surface area contributed by atoms with Crippen LogP contribution in [0, 0.1) is 0 Å². The lowest BCUT2D eigenvalue weighted by Gasteiger charge is -2.19. The van der Waals surface area contributed by atoms with Crippen LogP contribution in [0.2, 0.25) is 5.02 Å². The minimum Gasteiger partial charge on any atom is -0.309 e. The molecule has 1 aromatic rings. The maximum Gasteiger partial charge on any atom is 0.183 e. The Bertz CT molecular complexity index is 542. The van der Waals surface area contributed by atoms with E-state index in [1.165, 1.54) is 0 Å². The summed E-state index contributed by atoms with van der Waals surface area (Å²) in [4.78, 5) is 0.437.